The molecule has 0 unspecified atom stereocenters. The number of carbonyl (C=O) groups is 1. The number of aromatic nitrogens is 1. The lowest BCUT2D eigenvalue weighted by atomic mass is 10.2. The van der Waals surface area contributed by atoms with Crippen molar-refractivity contribution >= 4 is 15.9 Å². The van der Waals surface area contributed by atoms with E-state index < -0.39 is 16.1 Å². The van der Waals surface area contributed by atoms with Crippen LogP contribution in [-0.4, -0.2) is 48.6 Å². The molecule has 7 nitrogen and oxygen atoms in total. The Bertz CT molecular complexity index is 716. The first kappa shape index (κ1) is 18.1. The summed E-state index contributed by atoms with van der Waals surface area (Å²) in [5, 5.41) is 2.84. The number of hydrogen-bond donors (Lipinski definition) is 1. The Morgan fingerprint density at radius 2 is 2.08 bits per heavy atom. The fraction of sp³-hybridized carbons (Fsp3) is 0.647. The number of sulfonamides is 1. The minimum Gasteiger partial charge on any atom is -0.474 e. The molecule has 2 aliphatic rings. The van der Waals surface area contributed by atoms with E-state index in [2.05, 4.69) is 10.3 Å². The fourth-order valence-electron chi connectivity index (χ4n) is 3.53. The normalized spacial score (nSPS) is 22.2. The minimum atomic E-state index is -3.37. The maximum Gasteiger partial charge on any atom is 0.238 e. The Balaban J connectivity index is 1.62. The van der Waals surface area contributed by atoms with E-state index in [0.29, 0.717) is 25.3 Å². The lowest BCUT2D eigenvalue weighted by Gasteiger charge is -2.21. The largest absolute Gasteiger partial charge is 0.474 e. The van der Waals surface area contributed by atoms with Crippen LogP contribution in [0.2, 0.25) is 0 Å². The van der Waals surface area contributed by atoms with Gasteiger partial charge in [0.05, 0.1) is 6.26 Å². The van der Waals surface area contributed by atoms with Gasteiger partial charge in [-0.25, -0.2) is 13.4 Å². The second-order valence-electron chi connectivity index (χ2n) is 6.74. The number of amides is 1. The van der Waals surface area contributed by atoms with Crippen molar-refractivity contribution in [3.8, 4) is 5.88 Å². The van der Waals surface area contributed by atoms with Gasteiger partial charge in [0.2, 0.25) is 21.8 Å². The van der Waals surface area contributed by atoms with Gasteiger partial charge in [0.1, 0.15) is 12.1 Å². The van der Waals surface area contributed by atoms with Crippen LogP contribution in [0.4, 0.5) is 0 Å². The van der Waals surface area contributed by atoms with Gasteiger partial charge < -0.3 is 10.1 Å². The molecule has 0 bridgehead atoms. The number of rotatable bonds is 6. The molecule has 0 spiro atoms. The molecule has 1 saturated carbocycles. The quantitative estimate of drug-likeness (QED) is 0.822. The average molecular weight is 367 g/mol. The van der Waals surface area contributed by atoms with Gasteiger partial charge in [-0.05, 0) is 44.6 Å². The highest BCUT2D eigenvalue weighted by Crippen LogP contribution is 2.25. The maximum absolute atomic E-state index is 12.5. The molecule has 0 radical (unpaired) electrons. The lowest BCUT2D eigenvalue weighted by Crippen LogP contribution is -2.45. The van der Waals surface area contributed by atoms with Gasteiger partial charge in [0.15, 0.2) is 0 Å². The van der Waals surface area contributed by atoms with Gasteiger partial charge in [0, 0.05) is 24.8 Å². The molecule has 138 valence electrons. The molecular weight excluding hydrogens is 342 g/mol. The van der Waals surface area contributed by atoms with E-state index in [1.54, 1.807) is 12.3 Å². The smallest absolute Gasteiger partial charge is 0.238 e. The number of pyridine rings is 1. The van der Waals surface area contributed by atoms with E-state index in [4.69, 9.17) is 4.74 Å². The third-order valence-corrected chi connectivity index (χ3v) is 6.10. The first-order valence-corrected chi connectivity index (χ1v) is 10.6. The molecule has 2 heterocycles. The summed E-state index contributed by atoms with van der Waals surface area (Å²) in [6.45, 7) is 0.683. The molecule has 25 heavy (non-hydrogen) atoms. The van der Waals surface area contributed by atoms with Crippen LogP contribution in [0.3, 0.4) is 0 Å². The van der Waals surface area contributed by atoms with Crippen LogP contribution < -0.4 is 10.1 Å². The van der Waals surface area contributed by atoms with Crippen molar-refractivity contribution in [1.82, 2.24) is 14.6 Å². The summed E-state index contributed by atoms with van der Waals surface area (Å²) in [5.41, 5.74) is 0.812. The molecule has 1 atom stereocenters. The molecule has 1 amide bonds. The van der Waals surface area contributed by atoms with E-state index in [1.165, 1.54) is 17.1 Å². The topological polar surface area (TPSA) is 88.6 Å². The Labute approximate surface area is 148 Å². The van der Waals surface area contributed by atoms with Gasteiger partial charge >= 0.3 is 0 Å². The maximum atomic E-state index is 12.5. The monoisotopic (exact) mass is 367 g/mol. The first-order chi connectivity index (χ1) is 11.9. The highest BCUT2D eigenvalue weighted by atomic mass is 32.2. The Hall–Kier alpha value is -1.67. The Morgan fingerprint density at radius 1 is 1.32 bits per heavy atom. The van der Waals surface area contributed by atoms with E-state index in [0.717, 1.165) is 24.7 Å². The summed E-state index contributed by atoms with van der Waals surface area (Å²) in [7, 11) is -3.37. The highest BCUT2D eigenvalue weighted by Gasteiger charge is 2.36. The molecular formula is C17H25N3O4S. The van der Waals surface area contributed by atoms with Crippen molar-refractivity contribution in [2.24, 2.45) is 0 Å². The molecule has 1 saturated heterocycles. The summed E-state index contributed by atoms with van der Waals surface area (Å²) in [6, 6.07) is 3.06. The summed E-state index contributed by atoms with van der Waals surface area (Å²) >= 11 is 0. The molecule has 1 aliphatic carbocycles. The van der Waals surface area contributed by atoms with Gasteiger partial charge in [-0.2, -0.15) is 4.31 Å². The fourth-order valence-corrected chi connectivity index (χ4v) is 4.65. The number of carbonyl (C=O) groups excluding carboxylic acids is 1. The SMILES string of the molecule is CS(=O)(=O)N1CCC[C@@H]1C(=O)NCc1cccnc1OC1CCCC1. The number of hydrogen-bond acceptors (Lipinski definition) is 5. The molecule has 8 heteroatoms. The van der Waals surface area contributed by atoms with Crippen LogP contribution in [0.5, 0.6) is 5.88 Å². The van der Waals surface area contributed by atoms with Gasteiger partial charge in [0.25, 0.3) is 0 Å². The molecule has 3 rings (SSSR count). The number of nitrogens with one attached hydrogen (secondary N) is 1. The van der Waals surface area contributed by atoms with E-state index >= 15 is 0 Å². The van der Waals surface area contributed by atoms with Crippen LogP contribution in [0.25, 0.3) is 0 Å². The molecule has 1 aromatic rings. The molecule has 0 aromatic carbocycles. The highest BCUT2D eigenvalue weighted by molar-refractivity contribution is 7.88. The summed E-state index contributed by atoms with van der Waals surface area (Å²) in [5.74, 6) is 0.291. The second-order valence-corrected chi connectivity index (χ2v) is 8.68. The third kappa shape index (κ3) is 4.49. The molecule has 2 fully saturated rings. The predicted octanol–water partition coefficient (Wildman–Crippen LogP) is 1.44. The molecule has 1 aliphatic heterocycles. The van der Waals surface area contributed by atoms with Crippen LogP contribution in [0, 0.1) is 0 Å². The zero-order valence-corrected chi connectivity index (χ0v) is 15.3. The standard InChI is InChI=1S/C17H25N3O4S/c1-25(22,23)20-11-5-9-15(20)16(21)19-12-13-6-4-10-18-17(13)24-14-7-2-3-8-14/h4,6,10,14-15H,2-3,5,7-9,11-12H2,1H3,(H,19,21)/t15-/m1/s1. The third-order valence-electron chi connectivity index (χ3n) is 4.82. The van der Waals surface area contributed by atoms with Gasteiger partial charge in [-0.15, -0.1) is 0 Å². The van der Waals surface area contributed by atoms with E-state index in [-0.39, 0.29) is 18.6 Å². The van der Waals surface area contributed by atoms with Crippen molar-refractivity contribution in [1.29, 1.82) is 0 Å². The van der Waals surface area contributed by atoms with Crippen molar-refractivity contribution < 1.29 is 17.9 Å². The van der Waals surface area contributed by atoms with Crippen LogP contribution in [0.1, 0.15) is 44.1 Å². The molecule has 1 aromatic heterocycles. The predicted molar refractivity (Wildman–Crippen MR) is 93.5 cm³/mol. The minimum absolute atomic E-state index is 0.194. The lowest BCUT2D eigenvalue weighted by molar-refractivity contribution is -0.124. The van der Waals surface area contributed by atoms with Crippen LogP contribution in [-0.2, 0) is 21.4 Å². The summed E-state index contributed by atoms with van der Waals surface area (Å²) in [6.07, 6.45) is 8.69. The average Bonchev–Trinajstić information content (AvgIpc) is 3.24. The first-order valence-electron chi connectivity index (χ1n) is 8.80. The van der Waals surface area contributed by atoms with Crippen LogP contribution in [0.15, 0.2) is 18.3 Å². The Kier molecular flexibility index (Phi) is 5.58. The zero-order valence-electron chi connectivity index (χ0n) is 14.5. The molecule has 1 N–H and O–H groups in total. The van der Waals surface area contributed by atoms with Crippen molar-refractivity contribution in [3.63, 3.8) is 0 Å². The van der Waals surface area contributed by atoms with Gasteiger partial charge in [-0.3, -0.25) is 4.79 Å². The zero-order chi connectivity index (χ0) is 17.9. The van der Waals surface area contributed by atoms with Crippen molar-refractivity contribution in [3.05, 3.63) is 23.9 Å². The van der Waals surface area contributed by atoms with E-state index in [9.17, 15) is 13.2 Å². The second kappa shape index (κ2) is 7.70. The number of ether oxygens (including phenoxy) is 1. The van der Waals surface area contributed by atoms with E-state index in [1.807, 2.05) is 6.07 Å². The van der Waals surface area contributed by atoms with Crippen molar-refractivity contribution in [2.45, 2.75) is 57.2 Å². The Morgan fingerprint density at radius 3 is 2.80 bits per heavy atom. The van der Waals surface area contributed by atoms with Gasteiger partial charge in [-0.1, -0.05) is 6.07 Å². The summed E-state index contributed by atoms with van der Waals surface area (Å²) < 4.78 is 30.8. The number of nitrogens with zero attached hydrogens (tertiary/aromatic N) is 2. The van der Waals surface area contributed by atoms with Crippen molar-refractivity contribution in [2.75, 3.05) is 12.8 Å². The summed E-state index contributed by atoms with van der Waals surface area (Å²) in [4.78, 5) is 16.7. The van der Waals surface area contributed by atoms with Crippen LogP contribution >= 0.6 is 0 Å².